The molecule has 0 bridgehead atoms. The predicted molar refractivity (Wildman–Crippen MR) is 114 cm³/mol. The number of benzene rings is 2. The van der Waals surface area contributed by atoms with Crippen molar-refractivity contribution in [1.29, 1.82) is 0 Å². The highest BCUT2D eigenvalue weighted by Crippen LogP contribution is 2.37. The van der Waals surface area contributed by atoms with E-state index < -0.39 is 18.0 Å². The van der Waals surface area contributed by atoms with Crippen LogP contribution in [0.4, 0.5) is 40.8 Å². The monoisotopic (exact) mass is 445 g/mol. The van der Waals surface area contributed by atoms with Gasteiger partial charge < -0.3 is 10.6 Å². The lowest BCUT2D eigenvalue weighted by Crippen LogP contribution is -2.33. The molecule has 32 heavy (non-hydrogen) atoms. The molecule has 166 valence electrons. The van der Waals surface area contributed by atoms with Crippen molar-refractivity contribution in [2.24, 2.45) is 0 Å². The third kappa shape index (κ3) is 4.62. The molecule has 0 spiro atoms. The van der Waals surface area contributed by atoms with Crippen LogP contribution >= 0.6 is 0 Å². The highest BCUT2D eigenvalue weighted by Gasteiger charge is 2.42. The molecule has 0 fully saturated rings. The molecule has 7 nitrogen and oxygen atoms in total. The zero-order valence-electron chi connectivity index (χ0n) is 17.1. The maximum absolute atomic E-state index is 13.6. The standard InChI is InChI=1S/C21H19F4N7/c1-32(2)18(21(23,24)25)12-4-3-5-14(10-12)27-20-26-9-8-17(29-20)28-19-15-11-13(22)6-7-16(15)30-31-19/h3-11,18H,1-2H3,(H3,26,27,28,29,30,31). The van der Waals surface area contributed by atoms with Crippen molar-refractivity contribution in [3.05, 3.63) is 66.1 Å². The van der Waals surface area contributed by atoms with Crippen LogP contribution in [0.15, 0.2) is 54.7 Å². The minimum absolute atomic E-state index is 0.0896. The summed E-state index contributed by atoms with van der Waals surface area (Å²) in [5, 5.41) is 13.4. The summed E-state index contributed by atoms with van der Waals surface area (Å²) in [4.78, 5) is 9.54. The van der Waals surface area contributed by atoms with E-state index >= 15 is 0 Å². The van der Waals surface area contributed by atoms with Crippen LogP contribution in [0.3, 0.4) is 0 Å². The summed E-state index contributed by atoms with van der Waals surface area (Å²) >= 11 is 0. The lowest BCUT2D eigenvalue weighted by Gasteiger charge is -2.27. The summed E-state index contributed by atoms with van der Waals surface area (Å²) < 4.78 is 53.9. The zero-order chi connectivity index (χ0) is 22.9. The van der Waals surface area contributed by atoms with Gasteiger partial charge in [0.25, 0.3) is 0 Å². The molecule has 0 amide bonds. The first-order chi connectivity index (χ1) is 15.2. The van der Waals surface area contributed by atoms with Crippen LogP contribution in [0.1, 0.15) is 11.6 Å². The lowest BCUT2D eigenvalue weighted by atomic mass is 10.0. The molecule has 0 saturated heterocycles. The Bertz CT molecular complexity index is 1240. The van der Waals surface area contributed by atoms with Gasteiger partial charge in [0.15, 0.2) is 5.82 Å². The van der Waals surface area contributed by atoms with Crippen LogP contribution < -0.4 is 10.6 Å². The lowest BCUT2D eigenvalue weighted by molar-refractivity contribution is -0.179. The molecule has 0 radical (unpaired) electrons. The van der Waals surface area contributed by atoms with Gasteiger partial charge in [0.1, 0.15) is 17.7 Å². The fourth-order valence-electron chi connectivity index (χ4n) is 3.39. The molecule has 0 saturated carbocycles. The van der Waals surface area contributed by atoms with Gasteiger partial charge in [-0.25, -0.2) is 9.37 Å². The molecular formula is C21H19F4N7. The van der Waals surface area contributed by atoms with Gasteiger partial charge in [0.2, 0.25) is 5.95 Å². The van der Waals surface area contributed by atoms with Crippen LogP contribution in [0.25, 0.3) is 10.9 Å². The number of aromatic amines is 1. The van der Waals surface area contributed by atoms with Gasteiger partial charge >= 0.3 is 6.18 Å². The van der Waals surface area contributed by atoms with Crippen molar-refractivity contribution in [1.82, 2.24) is 25.1 Å². The molecule has 4 aromatic rings. The summed E-state index contributed by atoms with van der Waals surface area (Å²) in [6.07, 6.45) is -2.94. The highest BCUT2D eigenvalue weighted by atomic mass is 19.4. The van der Waals surface area contributed by atoms with Gasteiger partial charge in [-0.3, -0.25) is 10.00 Å². The second-order valence-corrected chi connectivity index (χ2v) is 7.31. The molecule has 3 N–H and O–H groups in total. The van der Waals surface area contributed by atoms with Crippen molar-refractivity contribution >= 4 is 34.2 Å². The topological polar surface area (TPSA) is 81.8 Å². The normalized spacial score (nSPS) is 12.8. The number of aromatic nitrogens is 4. The van der Waals surface area contributed by atoms with Gasteiger partial charge in [-0.05, 0) is 56.1 Å². The van der Waals surface area contributed by atoms with Gasteiger partial charge in [-0.2, -0.15) is 23.3 Å². The predicted octanol–water partition coefficient (Wildman–Crippen LogP) is 5.14. The molecule has 2 aromatic heterocycles. The summed E-state index contributed by atoms with van der Waals surface area (Å²) in [5.41, 5.74) is 1.15. The number of nitrogens with zero attached hydrogens (tertiary/aromatic N) is 4. The molecule has 2 aromatic carbocycles. The van der Waals surface area contributed by atoms with E-state index in [1.54, 1.807) is 18.2 Å². The largest absolute Gasteiger partial charge is 0.408 e. The van der Waals surface area contributed by atoms with E-state index in [1.165, 1.54) is 50.6 Å². The van der Waals surface area contributed by atoms with E-state index in [0.29, 0.717) is 28.2 Å². The van der Waals surface area contributed by atoms with Crippen LogP contribution in [-0.2, 0) is 0 Å². The van der Waals surface area contributed by atoms with Crippen molar-refractivity contribution < 1.29 is 17.6 Å². The van der Waals surface area contributed by atoms with Crippen molar-refractivity contribution in [2.45, 2.75) is 12.2 Å². The molecular weight excluding hydrogens is 426 g/mol. The van der Waals surface area contributed by atoms with Gasteiger partial charge in [0.05, 0.1) is 5.52 Å². The van der Waals surface area contributed by atoms with Crippen molar-refractivity contribution in [2.75, 3.05) is 24.7 Å². The SMILES string of the molecule is CN(C)C(c1cccc(Nc2nccc(Nc3n[nH]c4ccc(F)cc34)n2)c1)C(F)(F)F. The van der Waals surface area contributed by atoms with Gasteiger partial charge in [0, 0.05) is 17.3 Å². The Morgan fingerprint density at radius 3 is 2.59 bits per heavy atom. The molecule has 11 heteroatoms. The van der Waals surface area contributed by atoms with Crippen molar-refractivity contribution in [3.8, 4) is 0 Å². The number of anilines is 4. The average molecular weight is 445 g/mol. The fourth-order valence-corrected chi connectivity index (χ4v) is 3.39. The second kappa shape index (κ2) is 8.42. The summed E-state index contributed by atoms with van der Waals surface area (Å²) in [5.74, 6) is 0.524. The molecule has 0 aliphatic rings. The maximum atomic E-state index is 13.6. The highest BCUT2D eigenvalue weighted by molar-refractivity contribution is 5.91. The molecule has 2 heterocycles. The van der Waals surface area contributed by atoms with Crippen LogP contribution in [0.5, 0.6) is 0 Å². The third-order valence-corrected chi connectivity index (χ3v) is 4.71. The fraction of sp³-hybridized carbons (Fsp3) is 0.190. The Hall–Kier alpha value is -3.73. The van der Waals surface area contributed by atoms with Gasteiger partial charge in [-0.1, -0.05) is 12.1 Å². The summed E-state index contributed by atoms with van der Waals surface area (Å²) in [6, 6.07) is 10.1. The minimum Gasteiger partial charge on any atom is -0.324 e. The Kier molecular flexibility index (Phi) is 5.66. The minimum atomic E-state index is -4.42. The van der Waals surface area contributed by atoms with E-state index in [2.05, 4.69) is 30.8 Å². The number of fused-ring (bicyclic) bond motifs is 1. The first kappa shape index (κ1) is 21.5. The number of rotatable bonds is 6. The smallest absolute Gasteiger partial charge is 0.324 e. The number of nitrogens with one attached hydrogen (secondary N) is 3. The van der Waals surface area contributed by atoms with E-state index in [4.69, 9.17) is 0 Å². The quantitative estimate of drug-likeness (QED) is 0.357. The Morgan fingerprint density at radius 2 is 1.84 bits per heavy atom. The first-order valence-corrected chi connectivity index (χ1v) is 9.54. The van der Waals surface area contributed by atoms with Gasteiger partial charge in [-0.15, -0.1) is 0 Å². The molecule has 1 unspecified atom stereocenters. The Morgan fingerprint density at radius 1 is 1.03 bits per heavy atom. The van der Waals surface area contributed by atoms with Crippen molar-refractivity contribution in [3.63, 3.8) is 0 Å². The molecule has 0 aliphatic heterocycles. The molecule has 1 atom stereocenters. The second-order valence-electron chi connectivity index (χ2n) is 7.31. The summed E-state index contributed by atoms with van der Waals surface area (Å²) in [7, 11) is 2.75. The van der Waals surface area contributed by atoms with E-state index in [0.717, 1.165) is 4.90 Å². The number of halogens is 4. The molecule has 0 aliphatic carbocycles. The number of H-pyrrole nitrogens is 1. The molecule has 4 rings (SSSR count). The number of alkyl halides is 3. The zero-order valence-corrected chi connectivity index (χ0v) is 17.1. The van der Waals surface area contributed by atoms with Crippen LogP contribution in [-0.4, -0.2) is 45.3 Å². The number of hydrogen-bond donors (Lipinski definition) is 3. The van der Waals surface area contributed by atoms with Crippen LogP contribution in [0.2, 0.25) is 0 Å². The Labute approximate surface area is 180 Å². The third-order valence-electron chi connectivity index (χ3n) is 4.71. The average Bonchev–Trinajstić information content (AvgIpc) is 3.09. The Balaban J connectivity index is 1.56. The first-order valence-electron chi connectivity index (χ1n) is 9.54. The van der Waals surface area contributed by atoms with E-state index in [-0.39, 0.29) is 11.5 Å². The number of hydrogen-bond acceptors (Lipinski definition) is 6. The van der Waals surface area contributed by atoms with E-state index in [1.807, 2.05) is 0 Å². The van der Waals surface area contributed by atoms with E-state index in [9.17, 15) is 17.6 Å². The maximum Gasteiger partial charge on any atom is 0.408 e. The van der Waals surface area contributed by atoms with Crippen LogP contribution in [0, 0.1) is 5.82 Å². The summed E-state index contributed by atoms with van der Waals surface area (Å²) in [6.45, 7) is 0.